The van der Waals surface area contributed by atoms with Gasteiger partial charge in [-0.2, -0.15) is 0 Å². The first-order chi connectivity index (χ1) is 17.6. The Hall–Kier alpha value is -0.789. The lowest BCUT2D eigenvalue weighted by molar-refractivity contribution is -0.187. The van der Waals surface area contributed by atoms with Gasteiger partial charge in [0, 0.05) is 11.8 Å². The highest BCUT2D eigenvalue weighted by Gasteiger charge is 2.87. The number of hydrogen-bond acceptors (Lipinski definition) is 7. The first kappa shape index (κ1) is 29.7. The Morgan fingerprint density at radius 3 is 2.15 bits per heavy atom. The average molecular weight is 595 g/mol. The van der Waals surface area contributed by atoms with Crippen LogP contribution in [0.2, 0.25) is 58.9 Å². The van der Waals surface area contributed by atoms with Crippen molar-refractivity contribution in [2.24, 2.45) is 28.6 Å². The molecule has 1 unspecified atom stereocenters. The van der Waals surface area contributed by atoms with E-state index in [4.69, 9.17) is 22.8 Å². The molecule has 0 radical (unpaired) electrons. The van der Waals surface area contributed by atoms with Crippen molar-refractivity contribution >= 4 is 36.9 Å². The molecule has 10 heteroatoms. The van der Waals surface area contributed by atoms with Crippen LogP contribution in [-0.2, 0) is 32.3 Å². The third-order valence-corrected chi connectivity index (χ3v) is 13.1. The molecule has 4 bridgehead atoms. The highest BCUT2D eigenvalue weighted by atomic mass is 28.4. The van der Waals surface area contributed by atoms with Crippen LogP contribution < -0.4 is 0 Å². The SMILES string of the molecule is C=C1C[C@]23C[C@@]1(O[Si](C)(C)C)CC[C@H]2[C@]12OC(=O)C(C)(C[C@@H](O[Si](C)(C)C)[C@H]1O[Si](C)(C)C)[C@H]2[C@@H]3C(=O)OC. The van der Waals surface area contributed by atoms with E-state index in [2.05, 4.69) is 65.5 Å². The minimum atomic E-state index is -2.12. The summed E-state index contributed by atoms with van der Waals surface area (Å²) in [6.45, 7) is 26.3. The average Bonchev–Trinajstić information content (AvgIpc) is 3.18. The molecule has 0 aromatic rings. The van der Waals surface area contributed by atoms with E-state index in [0.29, 0.717) is 12.8 Å². The van der Waals surface area contributed by atoms with Crippen LogP contribution >= 0.6 is 0 Å². The maximum Gasteiger partial charge on any atom is 0.313 e. The van der Waals surface area contributed by atoms with Gasteiger partial charge in [0.1, 0.15) is 11.7 Å². The summed E-state index contributed by atoms with van der Waals surface area (Å²) in [6.07, 6.45) is 2.83. The van der Waals surface area contributed by atoms with Crippen LogP contribution in [0.5, 0.6) is 0 Å². The lowest BCUT2D eigenvalue weighted by Gasteiger charge is -2.53. The monoisotopic (exact) mass is 594 g/mol. The Labute approximate surface area is 238 Å². The number of fused-ring (bicyclic) bond motifs is 1. The second-order valence-corrected chi connectivity index (χ2v) is 29.6. The fourth-order valence-electron chi connectivity index (χ4n) is 9.59. The molecule has 5 aliphatic rings. The van der Waals surface area contributed by atoms with E-state index in [1.807, 2.05) is 6.92 Å². The van der Waals surface area contributed by atoms with Crippen molar-refractivity contribution in [1.29, 1.82) is 0 Å². The molecular weight excluding hydrogens is 545 g/mol. The summed E-state index contributed by atoms with van der Waals surface area (Å²) in [4.78, 5) is 27.9. The highest BCUT2D eigenvalue weighted by Crippen LogP contribution is 2.79. The number of ether oxygens (including phenoxy) is 2. The second-order valence-electron chi connectivity index (χ2n) is 16.3. The molecular formula is C29H50O7Si3. The quantitative estimate of drug-likeness (QED) is 0.207. The van der Waals surface area contributed by atoms with Crippen molar-refractivity contribution in [3.63, 3.8) is 0 Å². The minimum Gasteiger partial charge on any atom is -0.469 e. The smallest absolute Gasteiger partial charge is 0.313 e. The van der Waals surface area contributed by atoms with Gasteiger partial charge in [-0.3, -0.25) is 9.59 Å². The number of rotatable bonds is 7. The van der Waals surface area contributed by atoms with Crippen molar-refractivity contribution < 1.29 is 32.3 Å². The lowest BCUT2D eigenvalue weighted by atomic mass is 9.58. The Balaban J connectivity index is 1.73. The predicted octanol–water partition coefficient (Wildman–Crippen LogP) is 5.89. The topological polar surface area (TPSA) is 80.3 Å². The first-order valence-corrected chi connectivity index (χ1v) is 24.9. The van der Waals surface area contributed by atoms with Gasteiger partial charge >= 0.3 is 11.9 Å². The molecule has 1 aliphatic heterocycles. The van der Waals surface area contributed by atoms with Gasteiger partial charge in [-0.1, -0.05) is 6.58 Å². The van der Waals surface area contributed by atoms with E-state index in [9.17, 15) is 9.59 Å². The van der Waals surface area contributed by atoms with Crippen LogP contribution in [0.25, 0.3) is 0 Å². The van der Waals surface area contributed by atoms with Crippen molar-refractivity contribution in [3.8, 4) is 0 Å². The molecule has 4 aliphatic carbocycles. The molecule has 0 aromatic carbocycles. The Bertz CT molecular complexity index is 1090. The maximum absolute atomic E-state index is 14.0. The highest BCUT2D eigenvalue weighted by molar-refractivity contribution is 6.70. The normalized spacial score (nSPS) is 45.2. The molecule has 5 rings (SSSR count). The molecule has 1 saturated heterocycles. The van der Waals surface area contributed by atoms with Gasteiger partial charge in [0.15, 0.2) is 25.0 Å². The van der Waals surface area contributed by atoms with Crippen LogP contribution in [0, 0.1) is 28.6 Å². The minimum absolute atomic E-state index is 0.0585. The van der Waals surface area contributed by atoms with E-state index in [1.54, 1.807) is 0 Å². The maximum atomic E-state index is 14.0. The number of carbonyl (C=O) groups excluding carboxylic acids is 2. The molecule has 1 heterocycles. The third-order valence-electron chi connectivity index (χ3n) is 10.1. The molecule has 7 nitrogen and oxygen atoms in total. The summed E-state index contributed by atoms with van der Waals surface area (Å²) < 4.78 is 33.2. The fraction of sp³-hybridized carbons (Fsp3) is 0.862. The molecule has 0 N–H and O–H groups in total. The van der Waals surface area contributed by atoms with Crippen LogP contribution in [0.15, 0.2) is 12.2 Å². The summed E-state index contributed by atoms with van der Waals surface area (Å²) >= 11 is 0. The molecule has 39 heavy (non-hydrogen) atoms. The van der Waals surface area contributed by atoms with Crippen LogP contribution in [0.1, 0.15) is 39.0 Å². The van der Waals surface area contributed by atoms with Gasteiger partial charge in [0.05, 0.1) is 30.1 Å². The van der Waals surface area contributed by atoms with Gasteiger partial charge in [-0.05, 0) is 109 Å². The zero-order valence-corrected chi connectivity index (χ0v) is 29.0. The summed E-state index contributed by atoms with van der Waals surface area (Å²) in [6, 6.07) is 0. The fourth-order valence-corrected chi connectivity index (χ4v) is 13.3. The van der Waals surface area contributed by atoms with E-state index < -0.39 is 59.0 Å². The molecule has 5 fully saturated rings. The Morgan fingerprint density at radius 2 is 1.62 bits per heavy atom. The van der Waals surface area contributed by atoms with Crippen molar-refractivity contribution in [2.75, 3.05) is 7.11 Å². The molecule has 1 spiro atoms. The second kappa shape index (κ2) is 8.63. The van der Waals surface area contributed by atoms with Crippen LogP contribution in [0.4, 0.5) is 0 Å². The van der Waals surface area contributed by atoms with E-state index >= 15 is 0 Å². The number of methoxy groups -OCH3 is 1. The summed E-state index contributed by atoms with van der Waals surface area (Å²) in [7, 11) is -4.57. The molecule has 0 aromatic heterocycles. The summed E-state index contributed by atoms with van der Waals surface area (Å²) in [5.41, 5.74) is -1.61. The summed E-state index contributed by atoms with van der Waals surface area (Å²) in [5.74, 6) is -1.35. The predicted molar refractivity (Wildman–Crippen MR) is 158 cm³/mol. The first-order valence-electron chi connectivity index (χ1n) is 14.7. The van der Waals surface area contributed by atoms with Crippen molar-refractivity contribution in [1.82, 2.24) is 0 Å². The van der Waals surface area contributed by atoms with E-state index in [0.717, 1.165) is 24.8 Å². The summed E-state index contributed by atoms with van der Waals surface area (Å²) in [5, 5.41) is 0. The van der Waals surface area contributed by atoms with Gasteiger partial charge in [-0.15, -0.1) is 0 Å². The molecule has 220 valence electrons. The van der Waals surface area contributed by atoms with Gasteiger partial charge in [-0.25, -0.2) is 0 Å². The van der Waals surface area contributed by atoms with Gasteiger partial charge < -0.3 is 22.8 Å². The number of hydrogen-bond donors (Lipinski definition) is 0. The third kappa shape index (κ3) is 4.25. The van der Waals surface area contributed by atoms with E-state index in [1.165, 1.54) is 7.11 Å². The van der Waals surface area contributed by atoms with Gasteiger partial charge in [0.25, 0.3) is 0 Å². The molecule has 0 amide bonds. The lowest BCUT2D eigenvalue weighted by Crippen LogP contribution is -2.65. The molecule has 4 saturated carbocycles. The Morgan fingerprint density at radius 1 is 1.00 bits per heavy atom. The number of esters is 2. The standard InChI is InChI=1S/C29H50O7Si3/c1-18-15-27-17-28(18,36-39(10,11)12)14-13-20(27)29-22(21(27)24(30)32-3)26(2,25(31)33-29)16-19(34-37(4,5)6)23(29)35-38(7,8)9/h19-23H,1,13-17H2,2-12H3/t19-,20-,21-,22-,23-,26?,27+,28+,29-/m1/s1. The molecule has 9 atom stereocenters. The van der Waals surface area contributed by atoms with E-state index in [-0.39, 0.29) is 29.9 Å². The largest absolute Gasteiger partial charge is 0.469 e. The van der Waals surface area contributed by atoms with Crippen molar-refractivity contribution in [3.05, 3.63) is 12.2 Å². The zero-order valence-electron chi connectivity index (χ0n) is 26.0. The van der Waals surface area contributed by atoms with Crippen molar-refractivity contribution in [2.45, 2.75) is 121 Å². The number of carbonyl (C=O) groups is 2. The van der Waals surface area contributed by atoms with Gasteiger partial charge in [0.2, 0.25) is 0 Å². The van der Waals surface area contributed by atoms with Crippen LogP contribution in [-0.4, -0.2) is 67.4 Å². The Kier molecular flexibility index (Phi) is 6.57. The zero-order chi connectivity index (χ0) is 29.2. The van der Waals surface area contributed by atoms with Crippen LogP contribution in [0.3, 0.4) is 0 Å².